The van der Waals surface area contributed by atoms with Crippen LogP contribution in [-0.2, 0) is 14.3 Å². The van der Waals surface area contributed by atoms with E-state index in [-0.39, 0.29) is 24.3 Å². The summed E-state index contributed by atoms with van der Waals surface area (Å²) in [4.78, 5) is 23.3. The standard InChI is InChI=1S/C16H24N2O4/c1-12(19)18-15(11-16(20)17-9-4-10-21-2)13-5-7-14(22-3)8-6-13/h5-8,15H,4,9-11H2,1-3H3,(H,17,20)(H,18,19)/t15-/m1/s1. The number of rotatable bonds is 9. The highest BCUT2D eigenvalue weighted by atomic mass is 16.5. The second-order valence-electron chi connectivity index (χ2n) is 4.93. The van der Waals surface area contributed by atoms with Crippen LogP contribution in [0.4, 0.5) is 0 Å². The fourth-order valence-electron chi connectivity index (χ4n) is 2.04. The predicted molar refractivity (Wildman–Crippen MR) is 83.7 cm³/mol. The topological polar surface area (TPSA) is 76.7 Å². The predicted octanol–water partition coefficient (Wildman–Crippen LogP) is 1.42. The number of hydrogen-bond donors (Lipinski definition) is 2. The second-order valence-corrected chi connectivity index (χ2v) is 4.93. The summed E-state index contributed by atoms with van der Waals surface area (Å²) in [5.74, 6) is 0.452. The van der Waals surface area contributed by atoms with Crippen LogP contribution >= 0.6 is 0 Å². The molecule has 0 bridgehead atoms. The highest BCUT2D eigenvalue weighted by Gasteiger charge is 2.17. The van der Waals surface area contributed by atoms with Gasteiger partial charge in [0, 0.05) is 27.2 Å². The molecule has 22 heavy (non-hydrogen) atoms. The van der Waals surface area contributed by atoms with Gasteiger partial charge in [-0.2, -0.15) is 0 Å². The summed E-state index contributed by atoms with van der Waals surface area (Å²) in [7, 11) is 3.21. The van der Waals surface area contributed by atoms with Crippen LogP contribution in [0.3, 0.4) is 0 Å². The van der Waals surface area contributed by atoms with Crippen LogP contribution in [0.25, 0.3) is 0 Å². The minimum Gasteiger partial charge on any atom is -0.497 e. The number of amides is 2. The monoisotopic (exact) mass is 308 g/mol. The summed E-state index contributed by atoms with van der Waals surface area (Å²) >= 11 is 0. The van der Waals surface area contributed by atoms with E-state index < -0.39 is 0 Å². The number of nitrogens with one attached hydrogen (secondary N) is 2. The van der Waals surface area contributed by atoms with E-state index >= 15 is 0 Å². The normalized spacial score (nSPS) is 11.6. The number of methoxy groups -OCH3 is 2. The molecule has 1 aromatic rings. The van der Waals surface area contributed by atoms with Crippen molar-refractivity contribution in [1.29, 1.82) is 0 Å². The fourth-order valence-corrected chi connectivity index (χ4v) is 2.04. The SMILES string of the molecule is COCCCNC(=O)C[C@@H](NC(C)=O)c1ccc(OC)cc1. The molecular formula is C16H24N2O4. The molecule has 1 rings (SSSR count). The molecule has 0 saturated heterocycles. The Bertz CT molecular complexity index is 474. The van der Waals surface area contributed by atoms with Crippen LogP contribution in [0.2, 0.25) is 0 Å². The van der Waals surface area contributed by atoms with Crippen molar-refractivity contribution in [3.8, 4) is 5.75 Å². The summed E-state index contributed by atoms with van der Waals surface area (Å²) in [5, 5.41) is 5.62. The molecule has 0 aliphatic carbocycles. The van der Waals surface area contributed by atoms with Crippen molar-refractivity contribution in [3.63, 3.8) is 0 Å². The minimum absolute atomic E-state index is 0.106. The van der Waals surface area contributed by atoms with Gasteiger partial charge in [0.25, 0.3) is 0 Å². The minimum atomic E-state index is -0.356. The van der Waals surface area contributed by atoms with Crippen LogP contribution < -0.4 is 15.4 Å². The van der Waals surface area contributed by atoms with Gasteiger partial charge in [0.1, 0.15) is 5.75 Å². The smallest absolute Gasteiger partial charge is 0.222 e. The highest BCUT2D eigenvalue weighted by Crippen LogP contribution is 2.20. The van der Waals surface area contributed by atoms with Crippen LogP contribution in [0, 0.1) is 0 Å². The third-order valence-corrected chi connectivity index (χ3v) is 3.13. The number of benzene rings is 1. The Morgan fingerprint density at radius 3 is 2.41 bits per heavy atom. The van der Waals surface area contributed by atoms with Crippen molar-refractivity contribution >= 4 is 11.8 Å². The average molecular weight is 308 g/mol. The molecule has 0 aliphatic rings. The molecule has 1 atom stereocenters. The first-order chi connectivity index (χ1) is 10.6. The van der Waals surface area contributed by atoms with E-state index in [0.717, 1.165) is 17.7 Å². The molecule has 0 saturated carbocycles. The van der Waals surface area contributed by atoms with E-state index in [4.69, 9.17) is 9.47 Å². The first kappa shape index (κ1) is 18.0. The lowest BCUT2D eigenvalue weighted by Gasteiger charge is -2.18. The largest absolute Gasteiger partial charge is 0.497 e. The van der Waals surface area contributed by atoms with Gasteiger partial charge >= 0.3 is 0 Å². The summed E-state index contributed by atoms with van der Waals surface area (Å²) in [6.45, 7) is 2.60. The molecule has 0 heterocycles. The molecule has 0 radical (unpaired) electrons. The zero-order valence-electron chi connectivity index (χ0n) is 13.3. The Kier molecular flexibility index (Phi) is 7.99. The molecule has 0 unspecified atom stereocenters. The van der Waals surface area contributed by atoms with Gasteiger partial charge in [-0.1, -0.05) is 12.1 Å². The van der Waals surface area contributed by atoms with Crippen molar-refractivity contribution in [2.75, 3.05) is 27.4 Å². The van der Waals surface area contributed by atoms with Gasteiger partial charge < -0.3 is 20.1 Å². The molecule has 0 fully saturated rings. The molecule has 0 spiro atoms. The summed E-state index contributed by atoms with van der Waals surface area (Å²) in [5.41, 5.74) is 0.864. The van der Waals surface area contributed by atoms with Crippen molar-refractivity contribution in [3.05, 3.63) is 29.8 Å². The van der Waals surface area contributed by atoms with Gasteiger partial charge in [-0.15, -0.1) is 0 Å². The van der Waals surface area contributed by atoms with Crippen LogP contribution in [0.5, 0.6) is 5.75 Å². The van der Waals surface area contributed by atoms with E-state index in [1.54, 1.807) is 26.4 Å². The third kappa shape index (κ3) is 6.58. The van der Waals surface area contributed by atoms with Gasteiger partial charge in [0.15, 0.2) is 0 Å². The van der Waals surface area contributed by atoms with E-state index in [1.807, 2.05) is 12.1 Å². The van der Waals surface area contributed by atoms with Gasteiger partial charge in [-0.3, -0.25) is 9.59 Å². The van der Waals surface area contributed by atoms with Crippen LogP contribution in [-0.4, -0.2) is 39.2 Å². The van der Waals surface area contributed by atoms with Gasteiger partial charge in [-0.05, 0) is 24.1 Å². The second kappa shape index (κ2) is 9.78. The van der Waals surface area contributed by atoms with E-state index in [1.165, 1.54) is 6.92 Å². The maximum atomic E-state index is 12.0. The van der Waals surface area contributed by atoms with Crippen LogP contribution in [0.1, 0.15) is 31.4 Å². The molecule has 0 aromatic heterocycles. The molecule has 6 nitrogen and oxygen atoms in total. The average Bonchev–Trinajstić information content (AvgIpc) is 2.50. The lowest BCUT2D eigenvalue weighted by atomic mass is 10.0. The Morgan fingerprint density at radius 2 is 1.86 bits per heavy atom. The lowest BCUT2D eigenvalue weighted by Crippen LogP contribution is -2.33. The van der Waals surface area contributed by atoms with E-state index in [0.29, 0.717) is 13.2 Å². The van der Waals surface area contributed by atoms with Gasteiger partial charge in [0.2, 0.25) is 11.8 Å². The first-order valence-corrected chi connectivity index (χ1v) is 7.23. The van der Waals surface area contributed by atoms with Crippen LogP contribution in [0.15, 0.2) is 24.3 Å². The maximum Gasteiger partial charge on any atom is 0.222 e. The van der Waals surface area contributed by atoms with E-state index in [2.05, 4.69) is 10.6 Å². The number of carbonyl (C=O) groups excluding carboxylic acids is 2. The zero-order valence-corrected chi connectivity index (χ0v) is 13.3. The zero-order chi connectivity index (χ0) is 16.4. The Labute approximate surface area is 131 Å². The maximum absolute atomic E-state index is 12.0. The van der Waals surface area contributed by atoms with Crippen molar-refractivity contribution in [2.24, 2.45) is 0 Å². The first-order valence-electron chi connectivity index (χ1n) is 7.23. The fraction of sp³-hybridized carbons (Fsp3) is 0.500. The molecule has 2 amide bonds. The summed E-state index contributed by atoms with van der Waals surface area (Å²) in [6, 6.07) is 6.95. The number of hydrogen-bond acceptors (Lipinski definition) is 4. The summed E-state index contributed by atoms with van der Waals surface area (Å²) < 4.78 is 10.0. The van der Waals surface area contributed by atoms with Crippen molar-refractivity contribution in [2.45, 2.75) is 25.8 Å². The van der Waals surface area contributed by atoms with Gasteiger partial charge in [-0.25, -0.2) is 0 Å². The lowest BCUT2D eigenvalue weighted by molar-refractivity contribution is -0.122. The Morgan fingerprint density at radius 1 is 1.18 bits per heavy atom. The molecule has 2 N–H and O–H groups in total. The van der Waals surface area contributed by atoms with Gasteiger partial charge in [0.05, 0.1) is 19.6 Å². The molecule has 0 aliphatic heterocycles. The molecule has 6 heteroatoms. The highest BCUT2D eigenvalue weighted by molar-refractivity contribution is 5.79. The third-order valence-electron chi connectivity index (χ3n) is 3.13. The molecular weight excluding hydrogens is 284 g/mol. The Hall–Kier alpha value is -2.08. The quantitative estimate of drug-likeness (QED) is 0.676. The number of ether oxygens (including phenoxy) is 2. The van der Waals surface area contributed by atoms with Crippen molar-refractivity contribution < 1.29 is 19.1 Å². The summed E-state index contributed by atoms with van der Waals surface area (Å²) in [6.07, 6.45) is 0.953. The molecule has 1 aromatic carbocycles. The Balaban J connectivity index is 2.63. The van der Waals surface area contributed by atoms with E-state index in [9.17, 15) is 9.59 Å². The number of carbonyl (C=O) groups is 2. The molecule has 122 valence electrons. The van der Waals surface area contributed by atoms with Crippen molar-refractivity contribution in [1.82, 2.24) is 10.6 Å².